The SMILES string of the molecule is O=C(/C=C/c1c(F)cccc1-c1cn(C(c2ccccc2)(c2ccccc2)c2ccccc2)cn1)C12CC3CC(CC(C3)C1)C2. The summed E-state index contributed by atoms with van der Waals surface area (Å²) in [5, 5.41) is 0. The van der Waals surface area contributed by atoms with Gasteiger partial charge in [0.1, 0.15) is 11.4 Å². The van der Waals surface area contributed by atoms with Crippen LogP contribution in [0.5, 0.6) is 0 Å². The van der Waals surface area contributed by atoms with Crippen molar-refractivity contribution in [2.45, 2.75) is 44.1 Å². The van der Waals surface area contributed by atoms with Gasteiger partial charge in [-0.2, -0.15) is 0 Å². The highest BCUT2D eigenvalue weighted by Gasteiger charge is 2.53. The van der Waals surface area contributed by atoms with E-state index in [4.69, 9.17) is 4.98 Å². The number of rotatable bonds is 8. The molecule has 3 nitrogen and oxygen atoms in total. The molecule has 1 aromatic heterocycles. The number of carbonyl (C=O) groups excluding carboxylic acids is 1. The average molecular weight is 593 g/mol. The Bertz CT molecular complexity index is 1730. The maximum Gasteiger partial charge on any atom is 0.161 e. The van der Waals surface area contributed by atoms with Gasteiger partial charge in [-0.05, 0) is 91.2 Å². The van der Waals surface area contributed by atoms with Crippen molar-refractivity contribution < 1.29 is 9.18 Å². The zero-order valence-electron chi connectivity index (χ0n) is 25.4. The van der Waals surface area contributed by atoms with Gasteiger partial charge in [-0.15, -0.1) is 0 Å². The Morgan fingerprint density at radius 2 is 1.24 bits per heavy atom. The Labute approximate surface area is 264 Å². The molecule has 0 aliphatic heterocycles. The molecule has 0 amide bonds. The van der Waals surface area contributed by atoms with E-state index in [0.29, 0.717) is 34.6 Å². The minimum absolute atomic E-state index is 0.178. The fourth-order valence-electron chi connectivity index (χ4n) is 9.31. The van der Waals surface area contributed by atoms with E-state index < -0.39 is 5.54 Å². The second-order valence-electron chi connectivity index (χ2n) is 13.6. The number of hydrogen-bond acceptors (Lipinski definition) is 2. The van der Waals surface area contributed by atoms with E-state index in [9.17, 15) is 4.79 Å². The van der Waals surface area contributed by atoms with E-state index in [2.05, 4.69) is 77.4 Å². The van der Waals surface area contributed by atoms with Crippen LogP contribution in [0.25, 0.3) is 17.3 Å². The summed E-state index contributed by atoms with van der Waals surface area (Å²) in [6.07, 6.45) is 14.1. The lowest BCUT2D eigenvalue weighted by Gasteiger charge is -2.55. The lowest BCUT2D eigenvalue weighted by molar-refractivity contribution is -0.138. The van der Waals surface area contributed by atoms with Gasteiger partial charge in [0.15, 0.2) is 5.78 Å². The van der Waals surface area contributed by atoms with Crippen LogP contribution in [0.2, 0.25) is 0 Å². The van der Waals surface area contributed by atoms with Crippen LogP contribution in [0.15, 0.2) is 128 Å². The maximum atomic E-state index is 15.6. The third-order valence-electron chi connectivity index (χ3n) is 10.8. The Morgan fingerprint density at radius 1 is 0.733 bits per heavy atom. The van der Waals surface area contributed by atoms with Gasteiger partial charge in [-0.3, -0.25) is 4.79 Å². The monoisotopic (exact) mass is 592 g/mol. The van der Waals surface area contributed by atoms with E-state index >= 15 is 4.39 Å². The largest absolute Gasteiger partial charge is 0.318 e. The summed E-state index contributed by atoms with van der Waals surface area (Å²) >= 11 is 0. The first-order valence-corrected chi connectivity index (χ1v) is 16.3. The van der Waals surface area contributed by atoms with Crippen LogP contribution >= 0.6 is 0 Å². The number of hydrogen-bond donors (Lipinski definition) is 0. The van der Waals surface area contributed by atoms with Crippen LogP contribution in [0, 0.1) is 29.0 Å². The van der Waals surface area contributed by atoms with Gasteiger partial charge in [-0.1, -0.05) is 103 Å². The zero-order chi connectivity index (χ0) is 30.4. The minimum Gasteiger partial charge on any atom is -0.318 e. The van der Waals surface area contributed by atoms with Crippen LogP contribution in [0.4, 0.5) is 4.39 Å². The van der Waals surface area contributed by atoms with Crippen LogP contribution in [-0.4, -0.2) is 15.3 Å². The van der Waals surface area contributed by atoms with Gasteiger partial charge in [0.25, 0.3) is 0 Å². The van der Waals surface area contributed by atoms with E-state index in [1.807, 2.05) is 36.8 Å². The fourth-order valence-corrected chi connectivity index (χ4v) is 9.31. The summed E-state index contributed by atoms with van der Waals surface area (Å²) in [5.41, 5.74) is 4.04. The molecule has 4 heteroatoms. The molecule has 0 unspecified atom stereocenters. The summed E-state index contributed by atoms with van der Waals surface area (Å²) in [6.45, 7) is 0. The third-order valence-corrected chi connectivity index (χ3v) is 10.8. The van der Waals surface area contributed by atoms with Crippen LogP contribution < -0.4 is 0 Å². The number of carbonyl (C=O) groups is 1. The lowest BCUT2D eigenvalue weighted by Crippen LogP contribution is -2.49. The van der Waals surface area contributed by atoms with Crippen molar-refractivity contribution in [3.05, 3.63) is 156 Å². The standard InChI is InChI=1S/C41H37FN2O/c42-37-18-10-17-36(35(37)19-20-39(45)40-24-29-21-30(25-40)23-31(22-29)26-40)38-27-44(28-43-38)41(32-11-4-1-5-12-32,33-13-6-2-7-14-33)34-15-8-3-9-16-34/h1-20,27-31H,21-26H2/b20-19+. The summed E-state index contributed by atoms with van der Waals surface area (Å²) < 4.78 is 17.7. The number of imidazole rings is 1. The molecule has 224 valence electrons. The highest BCUT2D eigenvalue weighted by Crippen LogP contribution is 2.60. The fraction of sp³-hybridized carbons (Fsp3) is 0.268. The Kier molecular flexibility index (Phi) is 6.89. The van der Waals surface area contributed by atoms with E-state index in [1.165, 1.54) is 25.3 Å². The molecule has 5 aromatic rings. The van der Waals surface area contributed by atoms with Crippen LogP contribution in [0.1, 0.15) is 60.8 Å². The second-order valence-corrected chi connectivity index (χ2v) is 13.6. The molecule has 0 saturated heterocycles. The molecule has 4 fully saturated rings. The number of aromatic nitrogens is 2. The first-order chi connectivity index (χ1) is 22.0. The summed E-state index contributed by atoms with van der Waals surface area (Å²) in [6, 6.07) is 36.4. The molecule has 4 aliphatic rings. The minimum atomic E-state index is -0.715. The summed E-state index contributed by atoms with van der Waals surface area (Å²) in [7, 11) is 0. The van der Waals surface area contributed by atoms with Gasteiger partial charge in [0.05, 0.1) is 12.0 Å². The zero-order valence-corrected chi connectivity index (χ0v) is 25.4. The average Bonchev–Trinajstić information content (AvgIpc) is 3.56. The Hall–Kier alpha value is -4.57. The van der Waals surface area contributed by atoms with Gasteiger partial charge < -0.3 is 4.57 Å². The van der Waals surface area contributed by atoms with Crippen molar-refractivity contribution in [2.75, 3.05) is 0 Å². The number of allylic oxidation sites excluding steroid dienone is 1. The normalized spacial score (nSPS) is 23.9. The molecular formula is C41H37FN2O. The first-order valence-electron chi connectivity index (χ1n) is 16.3. The molecule has 4 saturated carbocycles. The van der Waals surface area contributed by atoms with Crippen molar-refractivity contribution in [2.24, 2.45) is 23.2 Å². The predicted octanol–water partition coefficient (Wildman–Crippen LogP) is 9.33. The smallest absolute Gasteiger partial charge is 0.161 e. The van der Waals surface area contributed by atoms with E-state index in [-0.39, 0.29) is 17.0 Å². The van der Waals surface area contributed by atoms with Crippen molar-refractivity contribution >= 4 is 11.9 Å². The van der Waals surface area contributed by atoms with Crippen molar-refractivity contribution in [1.82, 2.24) is 9.55 Å². The van der Waals surface area contributed by atoms with Crippen molar-refractivity contribution in [3.63, 3.8) is 0 Å². The van der Waals surface area contributed by atoms with Gasteiger partial charge in [0, 0.05) is 22.7 Å². The molecule has 4 aliphatic carbocycles. The Morgan fingerprint density at radius 3 is 1.76 bits per heavy atom. The second kappa shape index (κ2) is 11.1. The molecule has 1 heterocycles. The first kappa shape index (κ1) is 27.9. The quantitative estimate of drug-likeness (QED) is 0.133. The van der Waals surface area contributed by atoms with Crippen LogP contribution in [0.3, 0.4) is 0 Å². The van der Waals surface area contributed by atoms with E-state index in [0.717, 1.165) is 36.0 Å². The number of halogens is 1. The highest BCUT2D eigenvalue weighted by molar-refractivity contribution is 5.99. The topological polar surface area (TPSA) is 34.9 Å². The van der Waals surface area contributed by atoms with Crippen LogP contribution in [-0.2, 0) is 10.3 Å². The Balaban J connectivity index is 1.22. The molecular weight excluding hydrogens is 555 g/mol. The molecule has 0 atom stereocenters. The van der Waals surface area contributed by atoms with Crippen molar-refractivity contribution in [3.8, 4) is 11.3 Å². The molecule has 0 spiro atoms. The number of ketones is 1. The van der Waals surface area contributed by atoms with Gasteiger partial charge >= 0.3 is 0 Å². The van der Waals surface area contributed by atoms with Gasteiger partial charge in [0.2, 0.25) is 0 Å². The molecule has 45 heavy (non-hydrogen) atoms. The molecule has 9 rings (SSSR count). The van der Waals surface area contributed by atoms with Crippen molar-refractivity contribution in [1.29, 1.82) is 0 Å². The maximum absolute atomic E-state index is 15.6. The molecule has 0 N–H and O–H groups in total. The molecule has 0 radical (unpaired) electrons. The number of nitrogens with zero attached hydrogens (tertiary/aromatic N) is 2. The summed E-state index contributed by atoms with van der Waals surface area (Å²) in [4.78, 5) is 18.7. The number of benzene rings is 4. The predicted molar refractivity (Wildman–Crippen MR) is 177 cm³/mol. The lowest BCUT2D eigenvalue weighted by atomic mass is 9.48. The molecule has 4 bridgehead atoms. The molecule has 4 aromatic carbocycles. The summed E-state index contributed by atoms with van der Waals surface area (Å²) in [5.74, 6) is 1.87. The van der Waals surface area contributed by atoms with E-state index in [1.54, 1.807) is 18.2 Å². The van der Waals surface area contributed by atoms with Gasteiger partial charge in [-0.25, -0.2) is 9.37 Å². The third kappa shape index (κ3) is 4.70. The highest BCUT2D eigenvalue weighted by atomic mass is 19.1.